The third-order valence-electron chi connectivity index (χ3n) is 3.37. The highest BCUT2D eigenvalue weighted by molar-refractivity contribution is 5.45. The van der Waals surface area contributed by atoms with E-state index in [9.17, 15) is 4.39 Å². The standard InChI is InChI=1S/C15H14FNO/c1-18-11-6-7-12-10(8-11)9-17-15(12)13-4-2-3-5-14(13)16/h2-8,15,17H,9H2,1H3. The van der Waals surface area contributed by atoms with Crippen molar-refractivity contribution in [2.75, 3.05) is 7.11 Å². The van der Waals surface area contributed by atoms with E-state index < -0.39 is 0 Å². The first-order chi connectivity index (χ1) is 8.79. The Morgan fingerprint density at radius 3 is 2.78 bits per heavy atom. The summed E-state index contributed by atoms with van der Waals surface area (Å²) in [4.78, 5) is 0. The van der Waals surface area contributed by atoms with Gasteiger partial charge in [0.2, 0.25) is 0 Å². The molecule has 1 unspecified atom stereocenters. The average Bonchev–Trinajstić information content (AvgIpc) is 2.82. The summed E-state index contributed by atoms with van der Waals surface area (Å²) in [6.07, 6.45) is 0. The second kappa shape index (κ2) is 4.42. The maximum Gasteiger partial charge on any atom is 0.128 e. The molecule has 0 bridgehead atoms. The van der Waals surface area contributed by atoms with Gasteiger partial charge in [0, 0.05) is 12.1 Å². The van der Waals surface area contributed by atoms with Crippen LogP contribution < -0.4 is 10.1 Å². The molecular weight excluding hydrogens is 229 g/mol. The molecule has 0 fully saturated rings. The Labute approximate surface area is 105 Å². The van der Waals surface area contributed by atoms with Crippen LogP contribution in [0.5, 0.6) is 5.75 Å². The van der Waals surface area contributed by atoms with E-state index in [4.69, 9.17) is 4.74 Å². The van der Waals surface area contributed by atoms with E-state index >= 15 is 0 Å². The van der Waals surface area contributed by atoms with Gasteiger partial charge in [-0.15, -0.1) is 0 Å². The molecule has 2 aromatic rings. The van der Waals surface area contributed by atoms with E-state index in [0.29, 0.717) is 5.56 Å². The number of halogens is 1. The second-order valence-electron chi connectivity index (χ2n) is 4.40. The van der Waals surface area contributed by atoms with Crippen LogP contribution in [0.15, 0.2) is 42.5 Å². The molecular formula is C15H14FNO. The zero-order chi connectivity index (χ0) is 12.5. The molecule has 1 aliphatic heterocycles. The van der Waals surface area contributed by atoms with Crippen LogP contribution in [0.1, 0.15) is 22.7 Å². The highest BCUT2D eigenvalue weighted by Crippen LogP contribution is 2.33. The molecule has 3 rings (SSSR count). The molecule has 0 saturated carbocycles. The summed E-state index contributed by atoms with van der Waals surface area (Å²) in [6, 6.07) is 12.8. The van der Waals surface area contributed by atoms with Crippen molar-refractivity contribution >= 4 is 0 Å². The van der Waals surface area contributed by atoms with Gasteiger partial charge >= 0.3 is 0 Å². The van der Waals surface area contributed by atoms with Crippen LogP contribution in [0.25, 0.3) is 0 Å². The Morgan fingerprint density at radius 2 is 2.00 bits per heavy atom. The topological polar surface area (TPSA) is 21.3 Å². The van der Waals surface area contributed by atoms with E-state index in [1.807, 2.05) is 30.3 Å². The van der Waals surface area contributed by atoms with Crippen molar-refractivity contribution in [2.45, 2.75) is 12.6 Å². The fourth-order valence-electron chi connectivity index (χ4n) is 2.45. The van der Waals surface area contributed by atoms with Gasteiger partial charge in [0.05, 0.1) is 13.2 Å². The van der Waals surface area contributed by atoms with Crippen molar-refractivity contribution in [2.24, 2.45) is 0 Å². The van der Waals surface area contributed by atoms with Crippen LogP contribution in [0.3, 0.4) is 0 Å². The normalized spacial score (nSPS) is 17.6. The molecule has 0 amide bonds. The van der Waals surface area contributed by atoms with Crippen molar-refractivity contribution in [3.05, 3.63) is 65.0 Å². The molecule has 2 aromatic carbocycles. The number of nitrogens with one attached hydrogen (secondary N) is 1. The smallest absolute Gasteiger partial charge is 0.128 e. The highest BCUT2D eigenvalue weighted by atomic mass is 19.1. The number of methoxy groups -OCH3 is 1. The molecule has 3 heteroatoms. The van der Waals surface area contributed by atoms with Gasteiger partial charge in [0.1, 0.15) is 11.6 Å². The molecule has 1 heterocycles. The zero-order valence-electron chi connectivity index (χ0n) is 10.1. The van der Waals surface area contributed by atoms with E-state index in [1.54, 1.807) is 13.2 Å². The minimum Gasteiger partial charge on any atom is -0.497 e. The largest absolute Gasteiger partial charge is 0.497 e. The van der Waals surface area contributed by atoms with Crippen LogP contribution in [-0.4, -0.2) is 7.11 Å². The van der Waals surface area contributed by atoms with Crippen molar-refractivity contribution in [3.8, 4) is 5.75 Å². The predicted molar refractivity (Wildman–Crippen MR) is 68.1 cm³/mol. The Balaban J connectivity index is 2.03. The Bertz CT molecular complexity index is 582. The summed E-state index contributed by atoms with van der Waals surface area (Å²) in [5.74, 6) is 0.670. The molecule has 0 radical (unpaired) electrons. The highest BCUT2D eigenvalue weighted by Gasteiger charge is 2.25. The molecule has 18 heavy (non-hydrogen) atoms. The van der Waals surface area contributed by atoms with Gasteiger partial charge in [-0.05, 0) is 29.3 Å². The lowest BCUT2D eigenvalue weighted by atomic mass is 9.98. The minimum absolute atomic E-state index is 0.0629. The van der Waals surface area contributed by atoms with Crippen molar-refractivity contribution in [3.63, 3.8) is 0 Å². The summed E-state index contributed by atoms with van der Waals surface area (Å²) < 4.78 is 19.0. The first-order valence-corrected chi connectivity index (χ1v) is 5.94. The van der Waals surface area contributed by atoms with E-state index in [-0.39, 0.29) is 11.9 Å². The minimum atomic E-state index is -0.168. The number of fused-ring (bicyclic) bond motifs is 1. The lowest BCUT2D eigenvalue weighted by Gasteiger charge is -2.13. The quantitative estimate of drug-likeness (QED) is 0.875. The van der Waals surface area contributed by atoms with Gasteiger partial charge < -0.3 is 10.1 Å². The molecule has 0 aliphatic carbocycles. The maximum absolute atomic E-state index is 13.8. The van der Waals surface area contributed by atoms with Crippen LogP contribution in [0.2, 0.25) is 0 Å². The van der Waals surface area contributed by atoms with Gasteiger partial charge in [0.25, 0.3) is 0 Å². The van der Waals surface area contributed by atoms with Crippen LogP contribution in [-0.2, 0) is 6.54 Å². The van der Waals surface area contributed by atoms with Gasteiger partial charge in [-0.1, -0.05) is 24.3 Å². The van der Waals surface area contributed by atoms with Crippen molar-refractivity contribution < 1.29 is 9.13 Å². The molecule has 2 nitrogen and oxygen atoms in total. The monoisotopic (exact) mass is 243 g/mol. The van der Waals surface area contributed by atoms with Gasteiger partial charge in [-0.2, -0.15) is 0 Å². The predicted octanol–water partition coefficient (Wildman–Crippen LogP) is 3.03. The number of hydrogen-bond acceptors (Lipinski definition) is 2. The van der Waals surface area contributed by atoms with E-state index in [2.05, 4.69) is 5.32 Å². The summed E-state index contributed by atoms with van der Waals surface area (Å²) >= 11 is 0. The summed E-state index contributed by atoms with van der Waals surface area (Å²) in [5, 5.41) is 3.33. The Morgan fingerprint density at radius 1 is 1.17 bits per heavy atom. The zero-order valence-corrected chi connectivity index (χ0v) is 10.1. The lowest BCUT2D eigenvalue weighted by Crippen LogP contribution is -2.14. The molecule has 0 aromatic heterocycles. The SMILES string of the molecule is COc1ccc2c(c1)CNC2c1ccccc1F. The summed E-state index contributed by atoms with van der Waals surface area (Å²) in [7, 11) is 1.65. The molecule has 92 valence electrons. The van der Waals surface area contributed by atoms with Crippen LogP contribution in [0.4, 0.5) is 4.39 Å². The second-order valence-corrected chi connectivity index (χ2v) is 4.40. The molecule has 1 aliphatic rings. The Hall–Kier alpha value is -1.87. The fourth-order valence-corrected chi connectivity index (χ4v) is 2.45. The molecule has 0 saturated heterocycles. The lowest BCUT2D eigenvalue weighted by molar-refractivity contribution is 0.414. The summed E-state index contributed by atoms with van der Waals surface area (Å²) in [5.41, 5.74) is 2.99. The van der Waals surface area contributed by atoms with Crippen LogP contribution >= 0.6 is 0 Å². The van der Waals surface area contributed by atoms with Crippen molar-refractivity contribution in [1.82, 2.24) is 5.32 Å². The first-order valence-electron chi connectivity index (χ1n) is 5.94. The Kier molecular flexibility index (Phi) is 2.76. The van der Waals surface area contributed by atoms with Gasteiger partial charge in [0.15, 0.2) is 0 Å². The molecule has 0 spiro atoms. The third-order valence-corrected chi connectivity index (χ3v) is 3.37. The average molecular weight is 243 g/mol. The van der Waals surface area contributed by atoms with Crippen LogP contribution in [0, 0.1) is 5.82 Å². The number of rotatable bonds is 2. The fraction of sp³-hybridized carbons (Fsp3) is 0.200. The summed E-state index contributed by atoms with van der Waals surface area (Å²) in [6.45, 7) is 0.742. The van der Waals surface area contributed by atoms with E-state index in [1.165, 1.54) is 11.6 Å². The third kappa shape index (κ3) is 1.77. The number of ether oxygens (including phenoxy) is 1. The maximum atomic E-state index is 13.8. The molecule has 1 N–H and O–H groups in total. The number of hydrogen-bond donors (Lipinski definition) is 1. The number of benzene rings is 2. The van der Waals surface area contributed by atoms with Crippen molar-refractivity contribution in [1.29, 1.82) is 0 Å². The van der Waals surface area contributed by atoms with E-state index in [0.717, 1.165) is 17.9 Å². The van der Waals surface area contributed by atoms with Gasteiger partial charge in [-0.25, -0.2) is 4.39 Å². The first kappa shape index (κ1) is 11.2. The molecule has 1 atom stereocenters. The van der Waals surface area contributed by atoms with Gasteiger partial charge in [-0.3, -0.25) is 0 Å².